The molecule has 0 bridgehead atoms. The fourth-order valence-corrected chi connectivity index (χ4v) is 8.71. The monoisotopic (exact) mass is 484 g/mol. The van der Waals surface area contributed by atoms with Crippen molar-refractivity contribution in [1.82, 2.24) is 0 Å². The number of hydrogen-bond acceptors (Lipinski definition) is 4. The van der Waals surface area contributed by atoms with Gasteiger partial charge in [-0.2, -0.15) is 0 Å². The summed E-state index contributed by atoms with van der Waals surface area (Å²) in [5.41, 5.74) is 5.88. The molecule has 0 fully saturated rings. The SMILES string of the molecule is c1csc(CCc2cc3ccc4c(c3s2)-c2ccc3cc(CCc5cccs5)sc3c2-4)c1. The molecule has 0 radical (unpaired) electrons. The van der Waals surface area contributed by atoms with Crippen LogP contribution in [0.1, 0.15) is 19.5 Å². The quantitative estimate of drug-likeness (QED) is 0.220. The Labute approximate surface area is 203 Å². The third kappa shape index (κ3) is 3.12. The first-order valence-corrected chi connectivity index (χ1v) is 14.4. The highest BCUT2D eigenvalue weighted by Crippen LogP contribution is 2.56. The number of thiophene rings is 4. The van der Waals surface area contributed by atoms with E-state index in [-0.39, 0.29) is 0 Å². The maximum atomic E-state index is 2.41. The smallest absolute Gasteiger partial charge is 0.0430 e. The Kier molecular flexibility index (Phi) is 4.61. The summed E-state index contributed by atoms with van der Waals surface area (Å²) in [6.07, 6.45) is 4.57. The first-order chi connectivity index (χ1) is 15.8. The summed E-state index contributed by atoms with van der Waals surface area (Å²) in [5, 5.41) is 7.17. The molecule has 4 heteroatoms. The number of benzene rings is 2. The van der Waals surface area contributed by atoms with E-state index in [0.29, 0.717) is 0 Å². The lowest BCUT2D eigenvalue weighted by molar-refractivity contribution is 1.01. The van der Waals surface area contributed by atoms with Crippen LogP contribution in [-0.4, -0.2) is 0 Å². The van der Waals surface area contributed by atoms with Crippen LogP contribution in [-0.2, 0) is 25.7 Å². The number of rotatable bonds is 6. The van der Waals surface area contributed by atoms with Crippen LogP contribution in [0.25, 0.3) is 42.4 Å². The van der Waals surface area contributed by atoms with Gasteiger partial charge in [-0.1, -0.05) is 36.4 Å². The van der Waals surface area contributed by atoms with Gasteiger partial charge in [0.15, 0.2) is 0 Å². The van der Waals surface area contributed by atoms with Crippen molar-refractivity contribution in [3.63, 3.8) is 0 Å². The molecule has 4 aromatic heterocycles. The van der Waals surface area contributed by atoms with E-state index in [1.54, 1.807) is 0 Å². The van der Waals surface area contributed by atoms with Gasteiger partial charge in [0.05, 0.1) is 0 Å². The van der Waals surface area contributed by atoms with Crippen LogP contribution in [0, 0.1) is 0 Å². The molecule has 0 unspecified atom stereocenters. The van der Waals surface area contributed by atoms with Crippen molar-refractivity contribution in [1.29, 1.82) is 0 Å². The minimum absolute atomic E-state index is 1.14. The standard InChI is InChI=1S/C28H20S4/c1-3-19(29-13-1)7-9-21-15-17-5-11-23-25(27(17)31-21)24-12-6-18-16-22(32-28(18)26(23)24)10-8-20-4-2-14-30-20/h1-6,11-16H,7-10H2. The van der Waals surface area contributed by atoms with Crippen LogP contribution in [0.4, 0.5) is 0 Å². The van der Waals surface area contributed by atoms with E-state index in [4.69, 9.17) is 0 Å². The highest BCUT2D eigenvalue weighted by Gasteiger charge is 2.28. The number of aryl methyl sites for hydroxylation is 4. The first-order valence-electron chi connectivity index (χ1n) is 11.0. The lowest BCUT2D eigenvalue weighted by Crippen LogP contribution is -1.98. The van der Waals surface area contributed by atoms with Crippen molar-refractivity contribution in [2.75, 3.05) is 0 Å². The second kappa shape index (κ2) is 7.67. The third-order valence-electron chi connectivity index (χ3n) is 6.41. The van der Waals surface area contributed by atoms with Gasteiger partial charge in [-0.15, -0.1) is 45.3 Å². The Morgan fingerprint density at radius 1 is 0.500 bits per heavy atom. The van der Waals surface area contributed by atoms with Gasteiger partial charge in [-0.3, -0.25) is 0 Å². The average Bonchev–Trinajstić information content (AvgIpc) is 3.58. The predicted octanol–water partition coefficient (Wildman–Crippen LogP) is 9.46. The van der Waals surface area contributed by atoms with E-state index in [9.17, 15) is 0 Å². The molecule has 0 spiro atoms. The van der Waals surface area contributed by atoms with Crippen molar-refractivity contribution < 1.29 is 0 Å². The van der Waals surface area contributed by atoms with Gasteiger partial charge in [-0.25, -0.2) is 0 Å². The van der Waals surface area contributed by atoms with Crippen molar-refractivity contribution in [3.8, 4) is 22.3 Å². The van der Waals surface area contributed by atoms with Crippen LogP contribution < -0.4 is 0 Å². The molecule has 0 amide bonds. The van der Waals surface area contributed by atoms with Crippen LogP contribution in [0.3, 0.4) is 0 Å². The molecular formula is C28H20S4. The molecule has 0 atom stereocenters. The average molecular weight is 485 g/mol. The summed E-state index contributed by atoms with van der Waals surface area (Å²) in [5.74, 6) is 0. The maximum Gasteiger partial charge on any atom is 0.0430 e. The second-order valence-corrected chi connectivity index (χ2v) is 12.7. The Balaban J connectivity index is 1.22. The highest BCUT2D eigenvalue weighted by molar-refractivity contribution is 7.20. The van der Waals surface area contributed by atoms with E-state index in [2.05, 4.69) is 71.4 Å². The van der Waals surface area contributed by atoms with Crippen LogP contribution in [0.15, 0.2) is 71.4 Å². The zero-order valence-electron chi connectivity index (χ0n) is 17.4. The summed E-state index contributed by atoms with van der Waals surface area (Å²) >= 11 is 7.74. The van der Waals surface area contributed by atoms with E-state index in [1.165, 1.54) is 61.9 Å². The van der Waals surface area contributed by atoms with Gasteiger partial charge in [-0.05, 0) is 82.6 Å². The molecule has 156 valence electrons. The molecule has 0 saturated heterocycles. The van der Waals surface area contributed by atoms with Gasteiger partial charge >= 0.3 is 0 Å². The normalized spacial score (nSPS) is 12.2. The molecule has 32 heavy (non-hydrogen) atoms. The van der Waals surface area contributed by atoms with E-state index in [0.717, 1.165) is 25.7 Å². The van der Waals surface area contributed by atoms with Crippen LogP contribution in [0.5, 0.6) is 0 Å². The Morgan fingerprint density at radius 3 is 1.41 bits per heavy atom. The van der Waals surface area contributed by atoms with Gasteiger partial charge < -0.3 is 0 Å². The Morgan fingerprint density at radius 2 is 0.969 bits per heavy atom. The molecule has 0 N–H and O–H groups in total. The summed E-state index contributed by atoms with van der Waals surface area (Å²) in [6, 6.07) is 23.0. The largest absolute Gasteiger partial charge is 0.149 e. The fraction of sp³-hybridized carbons (Fsp3) is 0.143. The van der Waals surface area contributed by atoms with Gasteiger partial charge in [0.2, 0.25) is 0 Å². The molecular weight excluding hydrogens is 465 g/mol. The lowest BCUT2D eigenvalue weighted by atomic mass is 9.79. The molecule has 2 aromatic carbocycles. The van der Waals surface area contributed by atoms with Crippen LogP contribution >= 0.6 is 45.3 Å². The fourth-order valence-electron chi connectivity index (χ4n) is 4.85. The van der Waals surface area contributed by atoms with Gasteiger partial charge in [0.1, 0.15) is 0 Å². The second-order valence-electron chi connectivity index (χ2n) is 8.40. The summed E-state index contributed by atoms with van der Waals surface area (Å²) in [7, 11) is 0. The summed E-state index contributed by atoms with van der Waals surface area (Å²) in [4.78, 5) is 5.97. The van der Waals surface area contributed by atoms with Crippen molar-refractivity contribution in [3.05, 3.63) is 90.9 Å². The van der Waals surface area contributed by atoms with E-state index in [1.807, 2.05) is 45.3 Å². The van der Waals surface area contributed by atoms with Gasteiger partial charge in [0.25, 0.3) is 0 Å². The molecule has 1 aliphatic carbocycles. The summed E-state index contributed by atoms with van der Waals surface area (Å²) < 4.78 is 2.95. The molecule has 0 aliphatic heterocycles. The summed E-state index contributed by atoms with van der Waals surface area (Å²) in [6.45, 7) is 0. The molecule has 1 aliphatic rings. The lowest BCUT2D eigenvalue weighted by Gasteiger charge is -2.25. The van der Waals surface area contributed by atoms with Gasteiger partial charge in [0, 0.05) is 40.0 Å². The topological polar surface area (TPSA) is 0 Å². The zero-order valence-corrected chi connectivity index (χ0v) is 20.7. The van der Waals surface area contributed by atoms with Crippen molar-refractivity contribution >= 4 is 65.5 Å². The maximum absolute atomic E-state index is 2.41. The minimum atomic E-state index is 1.14. The number of fused-ring (bicyclic) bond motifs is 8. The molecule has 0 nitrogen and oxygen atoms in total. The molecule has 4 heterocycles. The van der Waals surface area contributed by atoms with E-state index >= 15 is 0 Å². The number of hydrogen-bond donors (Lipinski definition) is 0. The molecule has 0 saturated carbocycles. The molecule has 7 rings (SSSR count). The highest BCUT2D eigenvalue weighted by atomic mass is 32.1. The Bertz CT molecular complexity index is 1420. The first kappa shape index (κ1) is 19.2. The van der Waals surface area contributed by atoms with Crippen LogP contribution in [0.2, 0.25) is 0 Å². The predicted molar refractivity (Wildman–Crippen MR) is 145 cm³/mol. The third-order valence-corrected chi connectivity index (χ3v) is 10.7. The van der Waals surface area contributed by atoms with Crippen molar-refractivity contribution in [2.24, 2.45) is 0 Å². The minimum Gasteiger partial charge on any atom is -0.149 e. The van der Waals surface area contributed by atoms with Crippen molar-refractivity contribution in [2.45, 2.75) is 25.7 Å². The Hall–Kier alpha value is -2.24. The van der Waals surface area contributed by atoms with E-state index < -0.39 is 0 Å². The molecule has 6 aromatic rings. The zero-order chi connectivity index (χ0) is 21.1.